The van der Waals surface area contributed by atoms with E-state index in [2.05, 4.69) is 31.6 Å². The third kappa shape index (κ3) is 10.1. The van der Waals surface area contributed by atoms with Gasteiger partial charge in [0.05, 0.1) is 23.6 Å². The Balaban J connectivity index is 1.38. The topological polar surface area (TPSA) is 168 Å². The Morgan fingerprint density at radius 2 is 1.74 bits per heavy atom. The molecule has 12 nitrogen and oxygen atoms in total. The molecule has 1 aliphatic heterocycles. The lowest BCUT2D eigenvalue weighted by Crippen LogP contribution is -2.63. The van der Waals surface area contributed by atoms with Gasteiger partial charge in [0.2, 0.25) is 23.6 Å². The molecule has 266 valence electrons. The van der Waals surface area contributed by atoms with Gasteiger partial charge >= 0.3 is 0 Å². The second-order valence-corrected chi connectivity index (χ2v) is 13.8. The van der Waals surface area contributed by atoms with Crippen molar-refractivity contribution in [1.82, 2.24) is 31.6 Å². The van der Waals surface area contributed by atoms with E-state index in [0.29, 0.717) is 57.2 Å². The van der Waals surface area contributed by atoms with Crippen LogP contribution in [-0.4, -0.2) is 71.8 Å². The molecule has 1 spiro atoms. The van der Waals surface area contributed by atoms with Crippen molar-refractivity contribution in [2.45, 2.75) is 88.8 Å². The Kier molecular flexibility index (Phi) is 13.0. The zero-order chi connectivity index (χ0) is 35.3. The van der Waals surface area contributed by atoms with Crippen molar-refractivity contribution >= 4 is 40.9 Å². The van der Waals surface area contributed by atoms with Gasteiger partial charge < -0.3 is 31.3 Å². The van der Waals surface area contributed by atoms with Crippen molar-refractivity contribution in [3.8, 4) is 5.75 Å². The average Bonchev–Trinajstić information content (AvgIpc) is 3.54. The van der Waals surface area contributed by atoms with Gasteiger partial charge in [0.1, 0.15) is 23.4 Å². The number of nitrogens with one attached hydrogen (secondary N) is 5. The normalized spacial score (nSPS) is 20.5. The number of carbonyl (C=O) groups is 5. The Morgan fingerprint density at radius 3 is 2.50 bits per heavy atom. The molecule has 1 saturated carbocycles. The van der Waals surface area contributed by atoms with E-state index in [0.717, 1.165) is 22.7 Å². The van der Waals surface area contributed by atoms with Gasteiger partial charge in [-0.05, 0) is 50.3 Å². The number of hydrogen-bond acceptors (Lipinski definition) is 8. The molecule has 1 aromatic heterocycles. The third-order valence-corrected chi connectivity index (χ3v) is 10.0. The molecule has 2 aliphatic rings. The molecular weight excluding hydrogens is 657 g/mol. The molecule has 50 heavy (non-hydrogen) atoms. The average molecular weight is 703 g/mol. The first-order valence-corrected chi connectivity index (χ1v) is 18.3. The molecule has 13 heteroatoms. The first-order valence-electron chi connectivity index (χ1n) is 17.4. The van der Waals surface area contributed by atoms with E-state index in [-0.39, 0.29) is 31.0 Å². The minimum atomic E-state index is -1.27. The van der Waals surface area contributed by atoms with Gasteiger partial charge in [-0.3, -0.25) is 24.0 Å². The molecule has 5 rings (SSSR count). The van der Waals surface area contributed by atoms with E-state index in [9.17, 15) is 24.0 Å². The summed E-state index contributed by atoms with van der Waals surface area (Å²) < 4.78 is 5.93. The maximum Gasteiger partial charge on any atom is 0.255 e. The molecule has 3 aromatic rings. The van der Waals surface area contributed by atoms with Crippen LogP contribution in [0.25, 0.3) is 0 Å². The van der Waals surface area contributed by atoms with Crippen molar-refractivity contribution in [3.05, 3.63) is 81.8 Å². The monoisotopic (exact) mass is 702 g/mol. The lowest BCUT2D eigenvalue weighted by atomic mass is 9.80. The molecule has 2 atom stereocenters. The SMILES string of the molecule is Cc1csc(CCCNC(=O)[C@@H]2CC(=O)NC3(CCCCC3)C(=O)N[C@@H](Cc3ccccc3)C(=O)NCCCOc3ccccc3C(=O)N2)n1. The highest BCUT2D eigenvalue weighted by Crippen LogP contribution is 2.29. The summed E-state index contributed by atoms with van der Waals surface area (Å²) in [5.41, 5.74) is 0.764. The van der Waals surface area contributed by atoms with E-state index >= 15 is 0 Å². The number of thiazole rings is 1. The Labute approximate surface area is 296 Å². The van der Waals surface area contributed by atoms with E-state index in [4.69, 9.17) is 4.74 Å². The van der Waals surface area contributed by atoms with Crippen LogP contribution in [0.2, 0.25) is 0 Å². The standard InChI is InChI=1S/C37H46N6O6S/c1-25-24-50-32(40-25)16-10-19-38-35(47)29-23-31(44)43-37(17-8-3-9-18-37)36(48)42-28(22-26-12-4-2-5-13-26)34(46)39-20-11-21-49-30-15-7-6-14-27(30)33(45)41-29/h2,4-7,12-15,24,28-29H,3,8-11,16-23H2,1H3,(H,38,47)(H,39,46)(H,41,45)(H,42,48)(H,43,44)/t28-,29-/m0/s1. The number of aromatic nitrogens is 1. The van der Waals surface area contributed by atoms with Crippen molar-refractivity contribution in [2.75, 3.05) is 19.7 Å². The Bertz CT molecular complexity index is 1640. The summed E-state index contributed by atoms with van der Waals surface area (Å²) in [4.78, 5) is 73.0. The number of ether oxygens (including phenoxy) is 1. The number of aryl methyl sites for hydroxylation is 2. The third-order valence-electron chi connectivity index (χ3n) is 8.98. The largest absolute Gasteiger partial charge is 0.493 e. The molecule has 0 unspecified atom stereocenters. The lowest BCUT2D eigenvalue weighted by Gasteiger charge is -2.38. The summed E-state index contributed by atoms with van der Waals surface area (Å²) in [5, 5.41) is 17.4. The van der Waals surface area contributed by atoms with Crippen LogP contribution in [0.1, 0.15) is 78.0 Å². The van der Waals surface area contributed by atoms with Crippen LogP contribution in [0.15, 0.2) is 60.0 Å². The van der Waals surface area contributed by atoms with Crippen molar-refractivity contribution in [3.63, 3.8) is 0 Å². The van der Waals surface area contributed by atoms with E-state index < -0.39 is 47.7 Å². The molecule has 1 aliphatic carbocycles. The van der Waals surface area contributed by atoms with Crippen LogP contribution in [0.4, 0.5) is 0 Å². The van der Waals surface area contributed by atoms with Crippen LogP contribution in [0.3, 0.4) is 0 Å². The van der Waals surface area contributed by atoms with Gasteiger partial charge in [0, 0.05) is 37.0 Å². The fourth-order valence-electron chi connectivity index (χ4n) is 6.33. The first-order chi connectivity index (χ1) is 24.2. The molecule has 0 bridgehead atoms. The number of fused-ring (bicyclic) bond motifs is 1. The zero-order valence-electron chi connectivity index (χ0n) is 28.4. The number of benzene rings is 2. The molecular formula is C37H46N6O6S. The molecule has 5 amide bonds. The summed E-state index contributed by atoms with van der Waals surface area (Å²) in [6.45, 7) is 2.73. The minimum absolute atomic E-state index is 0.203. The van der Waals surface area contributed by atoms with Gasteiger partial charge in [-0.2, -0.15) is 0 Å². The summed E-state index contributed by atoms with van der Waals surface area (Å²) in [5.74, 6) is -2.12. The zero-order valence-corrected chi connectivity index (χ0v) is 29.2. The number of amides is 5. The molecule has 2 heterocycles. The molecule has 0 radical (unpaired) electrons. The second-order valence-electron chi connectivity index (χ2n) is 12.9. The maximum absolute atomic E-state index is 14.1. The molecule has 2 aromatic carbocycles. The predicted octanol–water partition coefficient (Wildman–Crippen LogP) is 3.13. The molecule has 5 N–H and O–H groups in total. The van der Waals surface area contributed by atoms with Crippen molar-refractivity contribution < 1.29 is 28.7 Å². The quantitative estimate of drug-likeness (QED) is 0.236. The van der Waals surface area contributed by atoms with E-state index in [1.165, 1.54) is 0 Å². The number of carbonyl (C=O) groups excluding carboxylic acids is 5. The van der Waals surface area contributed by atoms with Crippen LogP contribution in [0.5, 0.6) is 5.75 Å². The number of nitrogens with zero attached hydrogens (tertiary/aromatic N) is 1. The fraction of sp³-hybridized carbons (Fsp3) is 0.459. The molecule has 0 saturated heterocycles. The van der Waals surface area contributed by atoms with Crippen LogP contribution >= 0.6 is 11.3 Å². The molecule has 1 fully saturated rings. The highest BCUT2D eigenvalue weighted by Gasteiger charge is 2.43. The second kappa shape index (κ2) is 17.7. The highest BCUT2D eigenvalue weighted by atomic mass is 32.1. The van der Waals surface area contributed by atoms with Crippen molar-refractivity contribution in [1.29, 1.82) is 0 Å². The predicted molar refractivity (Wildman–Crippen MR) is 190 cm³/mol. The van der Waals surface area contributed by atoms with Crippen LogP contribution < -0.4 is 31.3 Å². The smallest absolute Gasteiger partial charge is 0.255 e. The van der Waals surface area contributed by atoms with Crippen LogP contribution in [-0.2, 0) is 32.0 Å². The maximum atomic E-state index is 14.1. The summed E-state index contributed by atoms with van der Waals surface area (Å²) in [7, 11) is 0. The van der Waals surface area contributed by atoms with Crippen molar-refractivity contribution in [2.24, 2.45) is 0 Å². The summed E-state index contributed by atoms with van der Waals surface area (Å²) in [6.07, 6.45) is 4.71. The van der Waals surface area contributed by atoms with Gasteiger partial charge in [-0.15, -0.1) is 11.3 Å². The summed E-state index contributed by atoms with van der Waals surface area (Å²) in [6, 6.07) is 14.0. The van der Waals surface area contributed by atoms with E-state index in [1.54, 1.807) is 35.6 Å². The van der Waals surface area contributed by atoms with Crippen LogP contribution in [0, 0.1) is 6.92 Å². The minimum Gasteiger partial charge on any atom is -0.493 e. The number of para-hydroxylation sites is 1. The fourth-order valence-corrected chi connectivity index (χ4v) is 7.15. The Hall–Kier alpha value is -4.78. The number of hydrogen-bond donors (Lipinski definition) is 5. The van der Waals surface area contributed by atoms with Gasteiger partial charge in [-0.1, -0.05) is 61.7 Å². The summed E-state index contributed by atoms with van der Waals surface area (Å²) >= 11 is 1.56. The highest BCUT2D eigenvalue weighted by molar-refractivity contribution is 7.09. The lowest BCUT2D eigenvalue weighted by molar-refractivity contribution is -0.138. The van der Waals surface area contributed by atoms with Gasteiger partial charge in [0.15, 0.2) is 0 Å². The Morgan fingerprint density at radius 1 is 0.980 bits per heavy atom. The van der Waals surface area contributed by atoms with Gasteiger partial charge in [0.25, 0.3) is 5.91 Å². The van der Waals surface area contributed by atoms with Gasteiger partial charge in [-0.25, -0.2) is 4.98 Å². The first kappa shape index (κ1) is 36.5. The van der Waals surface area contributed by atoms with E-state index in [1.807, 2.05) is 42.6 Å². The number of rotatable bonds is 7.